The molecule has 1 saturated heterocycles. The molecule has 0 atom stereocenters. The second-order valence-corrected chi connectivity index (χ2v) is 9.72. The van der Waals surface area contributed by atoms with Crippen molar-refractivity contribution >= 4 is 27.5 Å². The van der Waals surface area contributed by atoms with Crippen LogP contribution in [0.3, 0.4) is 0 Å². The van der Waals surface area contributed by atoms with E-state index in [1.165, 1.54) is 0 Å². The molecule has 162 valence electrons. The van der Waals surface area contributed by atoms with Crippen LogP contribution in [0.5, 0.6) is 0 Å². The molecule has 2 aromatic heterocycles. The minimum atomic E-state index is -3.35. The van der Waals surface area contributed by atoms with E-state index in [0.29, 0.717) is 32.0 Å². The van der Waals surface area contributed by atoms with Gasteiger partial charge in [0.1, 0.15) is 5.82 Å². The van der Waals surface area contributed by atoms with E-state index in [2.05, 4.69) is 25.4 Å². The van der Waals surface area contributed by atoms with Gasteiger partial charge in [0.15, 0.2) is 11.6 Å². The fourth-order valence-corrected chi connectivity index (χ4v) is 4.99. The van der Waals surface area contributed by atoms with Crippen molar-refractivity contribution in [3.8, 4) is 0 Å². The zero-order valence-corrected chi connectivity index (χ0v) is 18.5. The van der Waals surface area contributed by atoms with Crippen molar-refractivity contribution < 1.29 is 8.42 Å². The quantitative estimate of drug-likeness (QED) is 0.633. The topological polar surface area (TPSA) is 91.3 Å². The monoisotopic (exact) mass is 438 g/mol. The summed E-state index contributed by atoms with van der Waals surface area (Å²) in [5.74, 6) is 2.09. The Hall–Kier alpha value is -3.04. The van der Waals surface area contributed by atoms with Gasteiger partial charge in [0.05, 0.1) is 5.75 Å². The van der Waals surface area contributed by atoms with Gasteiger partial charge in [-0.15, -0.1) is 10.2 Å². The molecule has 0 unspecified atom stereocenters. The van der Waals surface area contributed by atoms with E-state index in [1.807, 2.05) is 62.4 Å². The lowest BCUT2D eigenvalue weighted by Gasteiger charge is -2.34. The predicted molar refractivity (Wildman–Crippen MR) is 122 cm³/mol. The number of benzene rings is 1. The van der Waals surface area contributed by atoms with Gasteiger partial charge < -0.3 is 10.2 Å². The molecule has 0 aliphatic carbocycles. The summed E-state index contributed by atoms with van der Waals surface area (Å²) in [5.41, 5.74) is 3.04. The second-order valence-electron chi connectivity index (χ2n) is 7.75. The maximum Gasteiger partial charge on any atom is 0.218 e. The summed E-state index contributed by atoms with van der Waals surface area (Å²) in [6, 6.07) is 15.2. The lowest BCUT2D eigenvalue weighted by atomic mass is 10.2. The lowest BCUT2D eigenvalue weighted by Crippen LogP contribution is -2.49. The third-order valence-electron chi connectivity index (χ3n) is 5.25. The Kier molecular flexibility index (Phi) is 6.15. The molecule has 8 nitrogen and oxygen atoms in total. The molecule has 0 amide bonds. The fourth-order valence-electron chi connectivity index (χ4n) is 3.48. The average molecular weight is 439 g/mol. The van der Waals surface area contributed by atoms with E-state index in [9.17, 15) is 8.42 Å². The Morgan fingerprint density at radius 2 is 1.61 bits per heavy atom. The van der Waals surface area contributed by atoms with Crippen molar-refractivity contribution in [3.05, 3.63) is 71.4 Å². The van der Waals surface area contributed by atoms with Crippen LogP contribution in [-0.4, -0.2) is 54.1 Å². The number of rotatable bonds is 6. The minimum Gasteiger partial charge on any atom is -0.352 e. The Morgan fingerprint density at radius 3 is 2.26 bits per heavy atom. The number of nitrogens with one attached hydrogen (secondary N) is 1. The first kappa shape index (κ1) is 21.2. The largest absolute Gasteiger partial charge is 0.352 e. The van der Waals surface area contributed by atoms with Crippen LogP contribution in [0.2, 0.25) is 0 Å². The Balaban J connectivity index is 1.34. The zero-order chi connectivity index (χ0) is 21.8. The van der Waals surface area contributed by atoms with Gasteiger partial charge in [0.25, 0.3) is 0 Å². The molecule has 0 saturated carbocycles. The van der Waals surface area contributed by atoms with Gasteiger partial charge in [0.2, 0.25) is 10.0 Å². The van der Waals surface area contributed by atoms with E-state index in [0.717, 1.165) is 28.3 Å². The van der Waals surface area contributed by atoms with Crippen molar-refractivity contribution in [3.63, 3.8) is 0 Å². The fraction of sp³-hybridized carbons (Fsp3) is 0.318. The molecule has 4 rings (SSSR count). The van der Waals surface area contributed by atoms with E-state index >= 15 is 0 Å². The number of piperazine rings is 1. The number of aryl methyl sites for hydroxylation is 2. The minimum absolute atomic E-state index is 0.0282. The molecule has 1 aliphatic heterocycles. The van der Waals surface area contributed by atoms with Gasteiger partial charge in [-0.25, -0.2) is 13.4 Å². The summed E-state index contributed by atoms with van der Waals surface area (Å²) in [4.78, 5) is 6.32. The molecule has 31 heavy (non-hydrogen) atoms. The number of aromatic nitrogens is 3. The number of sulfonamides is 1. The number of nitrogens with zero attached hydrogens (tertiary/aromatic N) is 5. The summed E-state index contributed by atoms with van der Waals surface area (Å²) in [7, 11) is -3.35. The molecule has 1 fully saturated rings. The highest BCUT2D eigenvalue weighted by atomic mass is 32.2. The molecular formula is C22H26N6O2S. The van der Waals surface area contributed by atoms with E-state index < -0.39 is 10.0 Å². The second kappa shape index (κ2) is 8.99. The highest BCUT2D eigenvalue weighted by molar-refractivity contribution is 7.88. The Morgan fingerprint density at radius 1 is 0.871 bits per heavy atom. The van der Waals surface area contributed by atoms with Gasteiger partial charge in [-0.3, -0.25) is 0 Å². The first-order valence-electron chi connectivity index (χ1n) is 10.2. The molecule has 3 aromatic rings. The Bertz CT molecular complexity index is 1130. The number of hydrogen-bond acceptors (Lipinski definition) is 7. The highest BCUT2D eigenvalue weighted by Crippen LogP contribution is 2.19. The maximum absolute atomic E-state index is 12.8. The van der Waals surface area contributed by atoms with E-state index in [1.54, 1.807) is 10.5 Å². The van der Waals surface area contributed by atoms with Crippen LogP contribution >= 0.6 is 0 Å². The molecule has 9 heteroatoms. The van der Waals surface area contributed by atoms with Gasteiger partial charge in [-0.2, -0.15) is 4.31 Å². The SMILES string of the molecule is Cc1ccc(CS(=O)(=O)N2CCN(c3ccc(Nc4cc(C)ccn4)nn3)CC2)cc1. The van der Waals surface area contributed by atoms with Crippen molar-refractivity contribution in [1.82, 2.24) is 19.5 Å². The standard InChI is InChI=1S/C22H26N6O2S/c1-17-3-5-19(6-4-17)16-31(29,30)28-13-11-27(12-14-28)22-8-7-20(25-26-22)24-21-15-18(2)9-10-23-21/h3-10,15H,11-14,16H2,1-2H3,(H,23,24,25). The van der Waals surface area contributed by atoms with Crippen LogP contribution in [0.15, 0.2) is 54.7 Å². The first-order chi connectivity index (χ1) is 14.9. The maximum atomic E-state index is 12.8. The summed E-state index contributed by atoms with van der Waals surface area (Å²) in [6.45, 7) is 6.01. The van der Waals surface area contributed by atoms with Gasteiger partial charge in [-0.05, 0) is 49.2 Å². The summed E-state index contributed by atoms with van der Waals surface area (Å²) >= 11 is 0. The van der Waals surface area contributed by atoms with Crippen molar-refractivity contribution in [1.29, 1.82) is 0 Å². The molecule has 1 aliphatic rings. The zero-order valence-electron chi connectivity index (χ0n) is 17.7. The third-order valence-corrected chi connectivity index (χ3v) is 7.10. The van der Waals surface area contributed by atoms with E-state index in [-0.39, 0.29) is 5.75 Å². The van der Waals surface area contributed by atoms with Gasteiger partial charge in [0, 0.05) is 32.4 Å². The molecule has 1 N–H and O–H groups in total. The average Bonchev–Trinajstić information content (AvgIpc) is 2.76. The normalized spacial score (nSPS) is 15.1. The molecular weight excluding hydrogens is 412 g/mol. The summed E-state index contributed by atoms with van der Waals surface area (Å²) < 4.78 is 27.1. The lowest BCUT2D eigenvalue weighted by molar-refractivity contribution is 0.383. The van der Waals surface area contributed by atoms with E-state index in [4.69, 9.17) is 0 Å². The van der Waals surface area contributed by atoms with Crippen molar-refractivity contribution in [2.75, 3.05) is 36.4 Å². The van der Waals surface area contributed by atoms with Crippen LogP contribution < -0.4 is 10.2 Å². The van der Waals surface area contributed by atoms with Crippen molar-refractivity contribution in [2.24, 2.45) is 0 Å². The molecule has 0 spiro atoms. The van der Waals surface area contributed by atoms with Gasteiger partial charge in [-0.1, -0.05) is 29.8 Å². The third kappa shape index (κ3) is 5.36. The summed E-state index contributed by atoms with van der Waals surface area (Å²) in [6.07, 6.45) is 1.74. The highest BCUT2D eigenvalue weighted by Gasteiger charge is 2.27. The number of anilines is 3. The van der Waals surface area contributed by atoms with Crippen LogP contribution in [0.25, 0.3) is 0 Å². The number of pyridine rings is 1. The summed E-state index contributed by atoms with van der Waals surface area (Å²) in [5, 5.41) is 11.7. The van der Waals surface area contributed by atoms with Crippen molar-refractivity contribution in [2.45, 2.75) is 19.6 Å². The Labute approximate surface area is 183 Å². The van der Waals surface area contributed by atoms with Crippen LogP contribution in [0.1, 0.15) is 16.7 Å². The molecule has 3 heterocycles. The molecule has 1 aromatic carbocycles. The van der Waals surface area contributed by atoms with Crippen LogP contribution in [-0.2, 0) is 15.8 Å². The molecule has 0 bridgehead atoms. The first-order valence-corrected chi connectivity index (χ1v) is 11.8. The van der Waals surface area contributed by atoms with Crippen LogP contribution in [0, 0.1) is 13.8 Å². The number of hydrogen-bond donors (Lipinski definition) is 1. The predicted octanol–water partition coefficient (Wildman–Crippen LogP) is 2.88. The van der Waals surface area contributed by atoms with Gasteiger partial charge >= 0.3 is 0 Å². The smallest absolute Gasteiger partial charge is 0.218 e. The van der Waals surface area contributed by atoms with Crippen LogP contribution in [0.4, 0.5) is 17.5 Å². The molecule has 0 radical (unpaired) electrons.